The van der Waals surface area contributed by atoms with Crippen LogP contribution >= 0.6 is 34.3 Å². The largest absolute Gasteiger partial charge is 0.497 e. The summed E-state index contributed by atoms with van der Waals surface area (Å²) >= 11 is 9.78. The second-order valence-electron chi connectivity index (χ2n) is 5.27. The van der Waals surface area contributed by atoms with Crippen LogP contribution in [0.5, 0.6) is 5.75 Å². The van der Waals surface area contributed by atoms with Crippen LogP contribution in [-0.2, 0) is 6.42 Å². The first-order valence-corrected chi connectivity index (χ1v) is 9.49. The molecule has 0 saturated heterocycles. The van der Waals surface area contributed by atoms with Crippen LogP contribution in [0.25, 0.3) is 20.7 Å². The van der Waals surface area contributed by atoms with Gasteiger partial charge in [0.25, 0.3) is 0 Å². The Balaban J connectivity index is 1.73. The number of fused-ring (bicyclic) bond motifs is 1. The number of aromatic nitrogens is 2. The van der Waals surface area contributed by atoms with Gasteiger partial charge in [0, 0.05) is 22.2 Å². The normalized spacial score (nSPS) is 11.1. The molecule has 0 spiro atoms. The molecule has 1 aromatic carbocycles. The summed E-state index contributed by atoms with van der Waals surface area (Å²) in [7, 11) is 1.66. The van der Waals surface area contributed by atoms with Crippen LogP contribution in [0.15, 0.2) is 47.2 Å². The molecule has 3 aromatic heterocycles. The Morgan fingerprint density at radius 2 is 2.04 bits per heavy atom. The maximum absolute atomic E-state index is 6.49. The molecule has 3 heterocycles. The molecule has 0 fully saturated rings. The lowest BCUT2D eigenvalue weighted by atomic mass is 10.1. The summed E-state index contributed by atoms with van der Waals surface area (Å²) in [6.07, 6.45) is 0.624. The van der Waals surface area contributed by atoms with Crippen molar-refractivity contribution >= 4 is 44.5 Å². The van der Waals surface area contributed by atoms with Gasteiger partial charge < -0.3 is 4.74 Å². The highest BCUT2D eigenvalue weighted by Crippen LogP contribution is 2.38. The predicted octanol–water partition coefficient (Wildman–Crippen LogP) is 5.67. The standard InChI is InChI=1S/C18H13ClN2OS2/c1-22-12-5-2-4-11(8-12)9-15-20-17(19)16-13(10-24-18(16)21-15)14-6-3-7-23-14/h2-8,10H,9H2,1H3. The maximum Gasteiger partial charge on any atom is 0.142 e. The van der Waals surface area contributed by atoms with Gasteiger partial charge in [-0.1, -0.05) is 29.8 Å². The van der Waals surface area contributed by atoms with Gasteiger partial charge in [-0.05, 0) is 29.1 Å². The van der Waals surface area contributed by atoms with Crippen LogP contribution in [-0.4, -0.2) is 17.1 Å². The summed E-state index contributed by atoms with van der Waals surface area (Å²) in [5.41, 5.74) is 2.21. The predicted molar refractivity (Wildman–Crippen MR) is 102 cm³/mol. The molecular weight excluding hydrogens is 360 g/mol. The zero-order valence-corrected chi connectivity index (χ0v) is 15.2. The van der Waals surface area contributed by atoms with Crippen molar-refractivity contribution in [2.45, 2.75) is 6.42 Å². The Hall–Kier alpha value is -1.95. The van der Waals surface area contributed by atoms with Crippen LogP contribution in [0.4, 0.5) is 0 Å². The molecule has 4 aromatic rings. The van der Waals surface area contributed by atoms with Gasteiger partial charge in [-0.15, -0.1) is 22.7 Å². The molecule has 6 heteroatoms. The fourth-order valence-corrected chi connectivity index (χ4v) is 4.72. The van der Waals surface area contributed by atoms with Crippen LogP contribution in [0.3, 0.4) is 0 Å². The van der Waals surface area contributed by atoms with Crippen molar-refractivity contribution in [1.29, 1.82) is 0 Å². The Labute approximate surface area is 152 Å². The fourth-order valence-electron chi connectivity index (χ4n) is 2.60. The molecule has 0 unspecified atom stereocenters. The first kappa shape index (κ1) is 15.6. The van der Waals surface area contributed by atoms with Crippen molar-refractivity contribution in [2.24, 2.45) is 0 Å². The minimum Gasteiger partial charge on any atom is -0.497 e. The summed E-state index contributed by atoms with van der Waals surface area (Å²) < 4.78 is 5.27. The van der Waals surface area contributed by atoms with Crippen LogP contribution in [0.1, 0.15) is 11.4 Å². The SMILES string of the molecule is COc1cccc(Cc2nc(Cl)c3c(-c4cccs4)csc3n2)c1. The molecule has 0 N–H and O–H groups in total. The Kier molecular flexibility index (Phi) is 4.22. The van der Waals surface area contributed by atoms with E-state index < -0.39 is 0 Å². The number of rotatable bonds is 4. The Bertz CT molecular complexity index is 996. The smallest absolute Gasteiger partial charge is 0.142 e. The molecular formula is C18H13ClN2OS2. The highest BCUT2D eigenvalue weighted by molar-refractivity contribution is 7.18. The van der Waals surface area contributed by atoms with Gasteiger partial charge in [-0.25, -0.2) is 9.97 Å². The molecule has 3 nitrogen and oxygen atoms in total. The third-order valence-electron chi connectivity index (χ3n) is 3.72. The lowest BCUT2D eigenvalue weighted by Crippen LogP contribution is -1.97. The van der Waals surface area contributed by atoms with Crippen molar-refractivity contribution in [3.63, 3.8) is 0 Å². The monoisotopic (exact) mass is 372 g/mol. The molecule has 0 aliphatic carbocycles. The van der Waals surface area contributed by atoms with Gasteiger partial charge in [-0.2, -0.15) is 0 Å². The number of hydrogen-bond acceptors (Lipinski definition) is 5. The average Bonchev–Trinajstić information content (AvgIpc) is 3.24. The molecule has 24 heavy (non-hydrogen) atoms. The number of benzene rings is 1. The van der Waals surface area contributed by atoms with Crippen molar-refractivity contribution in [3.8, 4) is 16.2 Å². The summed E-state index contributed by atoms with van der Waals surface area (Å²) in [5, 5.41) is 5.62. The van der Waals surface area contributed by atoms with Crippen molar-refractivity contribution in [1.82, 2.24) is 9.97 Å². The van der Waals surface area contributed by atoms with E-state index in [9.17, 15) is 0 Å². The molecule has 0 radical (unpaired) electrons. The number of hydrogen-bond donors (Lipinski definition) is 0. The number of thiophene rings is 2. The average molecular weight is 373 g/mol. The lowest BCUT2D eigenvalue weighted by molar-refractivity contribution is 0.414. The summed E-state index contributed by atoms with van der Waals surface area (Å²) in [5.74, 6) is 1.55. The van der Waals surface area contributed by atoms with E-state index in [1.165, 1.54) is 4.88 Å². The number of ether oxygens (including phenoxy) is 1. The van der Waals surface area contributed by atoms with Gasteiger partial charge in [0.15, 0.2) is 0 Å². The molecule has 0 aliphatic heterocycles. The second kappa shape index (κ2) is 6.51. The van der Waals surface area contributed by atoms with E-state index in [4.69, 9.17) is 21.3 Å². The van der Waals surface area contributed by atoms with E-state index in [0.717, 1.165) is 32.9 Å². The zero-order valence-electron chi connectivity index (χ0n) is 12.8. The van der Waals surface area contributed by atoms with Gasteiger partial charge in [0.2, 0.25) is 0 Å². The number of methoxy groups -OCH3 is 1. The molecule has 0 aliphatic rings. The topological polar surface area (TPSA) is 35.0 Å². The number of nitrogens with zero attached hydrogens (tertiary/aromatic N) is 2. The molecule has 0 atom stereocenters. The maximum atomic E-state index is 6.49. The zero-order chi connectivity index (χ0) is 16.5. The van der Waals surface area contributed by atoms with Crippen LogP contribution in [0, 0.1) is 0 Å². The van der Waals surface area contributed by atoms with E-state index in [-0.39, 0.29) is 0 Å². The van der Waals surface area contributed by atoms with E-state index in [1.54, 1.807) is 29.8 Å². The molecule has 120 valence electrons. The quantitative estimate of drug-likeness (QED) is 0.433. The highest BCUT2D eigenvalue weighted by Gasteiger charge is 2.15. The van der Waals surface area contributed by atoms with Crippen molar-refractivity contribution in [3.05, 3.63) is 63.7 Å². The van der Waals surface area contributed by atoms with Crippen molar-refractivity contribution in [2.75, 3.05) is 7.11 Å². The Morgan fingerprint density at radius 1 is 1.12 bits per heavy atom. The minimum atomic E-state index is 0.516. The van der Waals surface area contributed by atoms with Gasteiger partial charge in [0.1, 0.15) is 21.6 Å². The van der Waals surface area contributed by atoms with E-state index >= 15 is 0 Å². The number of halogens is 1. The molecule has 0 bridgehead atoms. The van der Waals surface area contributed by atoms with E-state index in [2.05, 4.69) is 21.8 Å². The van der Waals surface area contributed by atoms with E-state index in [0.29, 0.717) is 11.6 Å². The summed E-state index contributed by atoms with van der Waals surface area (Å²) in [6, 6.07) is 12.0. The first-order chi connectivity index (χ1) is 11.7. The lowest BCUT2D eigenvalue weighted by Gasteiger charge is -2.05. The van der Waals surface area contributed by atoms with E-state index in [1.807, 2.05) is 30.3 Å². The van der Waals surface area contributed by atoms with Gasteiger partial charge >= 0.3 is 0 Å². The minimum absolute atomic E-state index is 0.516. The fraction of sp³-hybridized carbons (Fsp3) is 0.111. The second-order valence-corrected chi connectivity index (χ2v) is 7.43. The van der Waals surface area contributed by atoms with Gasteiger partial charge in [-0.3, -0.25) is 0 Å². The first-order valence-electron chi connectivity index (χ1n) is 7.35. The highest BCUT2D eigenvalue weighted by atomic mass is 35.5. The molecule has 0 amide bonds. The Morgan fingerprint density at radius 3 is 2.83 bits per heavy atom. The molecule has 4 rings (SSSR count). The summed E-state index contributed by atoms with van der Waals surface area (Å²) in [4.78, 5) is 11.3. The van der Waals surface area contributed by atoms with Gasteiger partial charge in [0.05, 0.1) is 12.5 Å². The third-order valence-corrected chi connectivity index (χ3v) is 5.77. The van der Waals surface area contributed by atoms with Crippen molar-refractivity contribution < 1.29 is 4.74 Å². The van der Waals surface area contributed by atoms with Crippen LogP contribution in [0.2, 0.25) is 5.15 Å². The molecule has 0 saturated carbocycles. The third kappa shape index (κ3) is 2.90. The van der Waals surface area contributed by atoms with Crippen LogP contribution < -0.4 is 4.74 Å². The summed E-state index contributed by atoms with van der Waals surface area (Å²) in [6.45, 7) is 0.